The van der Waals surface area contributed by atoms with Gasteiger partial charge in [-0.25, -0.2) is 0 Å². The van der Waals surface area contributed by atoms with Gasteiger partial charge in [-0.05, 0) is 44.0 Å². The molecule has 1 heterocycles. The Kier molecular flexibility index (Phi) is 3.34. The van der Waals surface area contributed by atoms with Crippen molar-refractivity contribution >= 4 is 11.4 Å². The fourth-order valence-corrected chi connectivity index (χ4v) is 2.09. The maximum atomic E-state index is 5.83. The van der Waals surface area contributed by atoms with E-state index < -0.39 is 0 Å². The molecular formula is C13H20N2O. The quantitative estimate of drug-likeness (QED) is 0.737. The van der Waals surface area contributed by atoms with Gasteiger partial charge in [0.15, 0.2) is 0 Å². The molecule has 1 fully saturated rings. The summed E-state index contributed by atoms with van der Waals surface area (Å²) >= 11 is 0. The Morgan fingerprint density at radius 2 is 2.25 bits per heavy atom. The van der Waals surface area contributed by atoms with Crippen molar-refractivity contribution in [2.75, 3.05) is 30.3 Å². The van der Waals surface area contributed by atoms with Crippen molar-refractivity contribution in [3.05, 3.63) is 23.8 Å². The number of rotatable bonds is 1. The van der Waals surface area contributed by atoms with Gasteiger partial charge >= 0.3 is 0 Å². The zero-order valence-electron chi connectivity index (χ0n) is 10.1. The first-order valence-corrected chi connectivity index (χ1v) is 5.89. The fraction of sp³-hybridized carbons (Fsp3) is 0.538. The van der Waals surface area contributed by atoms with Gasteiger partial charge in [-0.3, -0.25) is 0 Å². The summed E-state index contributed by atoms with van der Waals surface area (Å²) < 4.78 is 5.64. The number of hydrogen-bond acceptors (Lipinski definition) is 3. The number of hydrogen-bond donors (Lipinski definition) is 1. The number of benzene rings is 1. The molecule has 1 aromatic carbocycles. The van der Waals surface area contributed by atoms with Crippen molar-refractivity contribution in [1.82, 2.24) is 0 Å². The largest absolute Gasteiger partial charge is 0.399 e. The van der Waals surface area contributed by atoms with Gasteiger partial charge in [0.1, 0.15) is 0 Å². The molecule has 16 heavy (non-hydrogen) atoms. The van der Waals surface area contributed by atoms with Gasteiger partial charge in [0, 0.05) is 31.1 Å². The van der Waals surface area contributed by atoms with Crippen LogP contribution in [0, 0.1) is 6.92 Å². The Balaban J connectivity index is 2.18. The molecule has 1 saturated heterocycles. The van der Waals surface area contributed by atoms with Gasteiger partial charge in [-0.15, -0.1) is 0 Å². The van der Waals surface area contributed by atoms with E-state index in [1.807, 2.05) is 6.07 Å². The van der Waals surface area contributed by atoms with Crippen LogP contribution in [0.25, 0.3) is 0 Å². The Bertz CT molecular complexity index is 365. The minimum atomic E-state index is 0.306. The lowest BCUT2D eigenvalue weighted by Crippen LogP contribution is -2.30. The van der Waals surface area contributed by atoms with E-state index in [1.165, 1.54) is 5.69 Å². The van der Waals surface area contributed by atoms with E-state index in [4.69, 9.17) is 10.5 Å². The molecule has 1 aliphatic heterocycles. The first-order chi connectivity index (χ1) is 7.66. The van der Waals surface area contributed by atoms with E-state index in [0.29, 0.717) is 6.10 Å². The highest BCUT2D eigenvalue weighted by molar-refractivity contribution is 5.58. The highest BCUT2D eigenvalue weighted by Gasteiger charge is 2.15. The highest BCUT2D eigenvalue weighted by atomic mass is 16.5. The van der Waals surface area contributed by atoms with Crippen LogP contribution in [0.4, 0.5) is 11.4 Å². The lowest BCUT2D eigenvalue weighted by atomic mass is 10.1. The summed E-state index contributed by atoms with van der Waals surface area (Å²) in [5.74, 6) is 0. The van der Waals surface area contributed by atoms with Gasteiger partial charge in [0.05, 0.1) is 6.10 Å². The predicted octanol–water partition coefficient (Wildman–Crippen LogP) is 2.19. The van der Waals surface area contributed by atoms with Crippen molar-refractivity contribution in [3.63, 3.8) is 0 Å². The minimum absolute atomic E-state index is 0.306. The molecule has 0 radical (unpaired) electrons. The maximum absolute atomic E-state index is 5.83. The summed E-state index contributed by atoms with van der Waals surface area (Å²) in [7, 11) is 0. The molecule has 2 rings (SSSR count). The molecule has 0 aromatic heterocycles. The molecule has 1 atom stereocenters. The second-order valence-electron chi connectivity index (χ2n) is 4.52. The molecule has 0 amide bonds. The van der Waals surface area contributed by atoms with Crippen molar-refractivity contribution in [1.29, 1.82) is 0 Å². The van der Waals surface area contributed by atoms with Gasteiger partial charge < -0.3 is 15.4 Å². The molecule has 3 nitrogen and oxygen atoms in total. The summed E-state index contributed by atoms with van der Waals surface area (Å²) in [6.45, 7) is 7.07. The van der Waals surface area contributed by atoms with Crippen LogP contribution < -0.4 is 10.6 Å². The summed E-state index contributed by atoms with van der Waals surface area (Å²) in [4.78, 5) is 2.38. The molecule has 1 aliphatic rings. The zero-order chi connectivity index (χ0) is 11.5. The van der Waals surface area contributed by atoms with Gasteiger partial charge in [-0.2, -0.15) is 0 Å². The van der Waals surface area contributed by atoms with Crippen LogP contribution in [0.3, 0.4) is 0 Å². The highest BCUT2D eigenvalue weighted by Crippen LogP contribution is 2.22. The van der Waals surface area contributed by atoms with E-state index in [9.17, 15) is 0 Å². The maximum Gasteiger partial charge on any atom is 0.0721 e. The Morgan fingerprint density at radius 1 is 1.44 bits per heavy atom. The van der Waals surface area contributed by atoms with E-state index in [2.05, 4.69) is 30.9 Å². The average Bonchev–Trinajstić information content (AvgIpc) is 2.47. The second kappa shape index (κ2) is 4.74. The SMILES string of the molecule is Cc1cc(N2CCCOC(C)C2)ccc1N. The second-order valence-corrected chi connectivity index (χ2v) is 4.52. The molecule has 0 bridgehead atoms. The lowest BCUT2D eigenvalue weighted by molar-refractivity contribution is 0.0821. The number of nitrogens with zero attached hydrogens (tertiary/aromatic N) is 1. The third kappa shape index (κ3) is 2.47. The first-order valence-electron chi connectivity index (χ1n) is 5.89. The van der Waals surface area contributed by atoms with Crippen LogP contribution in [0.15, 0.2) is 18.2 Å². The van der Waals surface area contributed by atoms with E-state index in [0.717, 1.165) is 37.4 Å². The van der Waals surface area contributed by atoms with Crippen molar-refractivity contribution in [3.8, 4) is 0 Å². The normalized spacial score (nSPS) is 21.9. The molecule has 0 aliphatic carbocycles. The third-order valence-corrected chi connectivity index (χ3v) is 3.07. The van der Waals surface area contributed by atoms with E-state index in [1.54, 1.807) is 0 Å². The Hall–Kier alpha value is -1.22. The molecule has 2 N–H and O–H groups in total. The van der Waals surface area contributed by atoms with Crippen LogP contribution in [0.5, 0.6) is 0 Å². The van der Waals surface area contributed by atoms with Crippen LogP contribution >= 0.6 is 0 Å². The van der Waals surface area contributed by atoms with Crippen molar-refractivity contribution in [2.24, 2.45) is 0 Å². The number of aryl methyl sites for hydroxylation is 1. The summed E-state index contributed by atoms with van der Waals surface area (Å²) in [5, 5.41) is 0. The molecule has 1 unspecified atom stereocenters. The third-order valence-electron chi connectivity index (χ3n) is 3.07. The van der Waals surface area contributed by atoms with Gasteiger partial charge in [0.25, 0.3) is 0 Å². The number of nitrogens with two attached hydrogens (primary N) is 1. The fourth-order valence-electron chi connectivity index (χ4n) is 2.09. The van der Waals surface area contributed by atoms with Crippen LogP contribution in [0.2, 0.25) is 0 Å². The van der Waals surface area contributed by atoms with Crippen LogP contribution in [0.1, 0.15) is 18.9 Å². The Labute approximate surface area is 97.2 Å². The molecule has 0 spiro atoms. The lowest BCUT2D eigenvalue weighted by Gasteiger charge is -2.24. The average molecular weight is 220 g/mol. The van der Waals surface area contributed by atoms with Crippen LogP contribution in [-0.4, -0.2) is 25.8 Å². The number of ether oxygens (including phenoxy) is 1. The topological polar surface area (TPSA) is 38.5 Å². The van der Waals surface area contributed by atoms with E-state index in [-0.39, 0.29) is 0 Å². The number of anilines is 2. The number of nitrogen functional groups attached to an aromatic ring is 1. The molecule has 0 saturated carbocycles. The summed E-state index contributed by atoms with van der Waals surface area (Å²) in [6, 6.07) is 6.24. The van der Waals surface area contributed by atoms with Gasteiger partial charge in [0.2, 0.25) is 0 Å². The molecular weight excluding hydrogens is 200 g/mol. The first kappa shape index (κ1) is 11.3. The zero-order valence-corrected chi connectivity index (χ0v) is 10.1. The van der Waals surface area contributed by atoms with Crippen molar-refractivity contribution in [2.45, 2.75) is 26.4 Å². The standard InChI is InChI=1S/C13H20N2O/c1-10-8-12(4-5-13(10)14)15-6-3-7-16-11(2)9-15/h4-5,8,11H,3,6-7,9,14H2,1-2H3. The predicted molar refractivity (Wildman–Crippen MR) is 67.8 cm³/mol. The molecule has 1 aromatic rings. The monoisotopic (exact) mass is 220 g/mol. The Morgan fingerprint density at radius 3 is 3.00 bits per heavy atom. The van der Waals surface area contributed by atoms with Gasteiger partial charge in [-0.1, -0.05) is 0 Å². The molecule has 3 heteroatoms. The van der Waals surface area contributed by atoms with Crippen LogP contribution in [-0.2, 0) is 4.74 Å². The van der Waals surface area contributed by atoms with Crippen molar-refractivity contribution < 1.29 is 4.74 Å². The van der Waals surface area contributed by atoms with E-state index >= 15 is 0 Å². The smallest absolute Gasteiger partial charge is 0.0721 e. The minimum Gasteiger partial charge on any atom is -0.399 e. The molecule has 88 valence electrons. The summed E-state index contributed by atoms with van der Waals surface area (Å²) in [5.41, 5.74) is 9.10. The summed E-state index contributed by atoms with van der Waals surface area (Å²) in [6.07, 6.45) is 1.40.